The zero-order chi connectivity index (χ0) is 23.0. The van der Waals surface area contributed by atoms with Crippen molar-refractivity contribution in [2.75, 3.05) is 17.1 Å². The fourth-order valence-corrected chi connectivity index (χ4v) is 4.61. The van der Waals surface area contributed by atoms with E-state index in [4.69, 9.17) is 4.74 Å². The van der Waals surface area contributed by atoms with Crippen molar-refractivity contribution in [1.82, 2.24) is 0 Å². The van der Waals surface area contributed by atoms with Gasteiger partial charge >= 0.3 is 0 Å². The molecule has 3 aromatic carbocycles. The number of amides is 1. The van der Waals surface area contributed by atoms with Crippen LogP contribution in [0.4, 0.5) is 11.4 Å². The second kappa shape index (κ2) is 7.93. The predicted octanol–water partition coefficient (Wildman–Crippen LogP) is 3.23. The summed E-state index contributed by atoms with van der Waals surface area (Å²) in [6, 6.07) is 14.7. The number of hydrogen-bond acceptors (Lipinski definition) is 6. The van der Waals surface area contributed by atoms with Gasteiger partial charge in [0.25, 0.3) is 10.0 Å². The molecule has 0 radical (unpaired) electrons. The van der Waals surface area contributed by atoms with E-state index in [0.717, 1.165) is 0 Å². The number of sulfonamides is 1. The van der Waals surface area contributed by atoms with Gasteiger partial charge in [0.15, 0.2) is 11.6 Å². The van der Waals surface area contributed by atoms with Crippen molar-refractivity contribution in [3.63, 3.8) is 0 Å². The Balaban J connectivity index is 1.73. The second-order valence-corrected chi connectivity index (χ2v) is 8.80. The van der Waals surface area contributed by atoms with Gasteiger partial charge in [-0.25, -0.2) is 8.42 Å². The van der Waals surface area contributed by atoms with E-state index < -0.39 is 15.8 Å². The van der Waals surface area contributed by atoms with Crippen molar-refractivity contribution in [1.29, 1.82) is 0 Å². The maximum Gasteiger partial charge on any atom is 0.262 e. The zero-order valence-corrected chi connectivity index (χ0v) is 17.9. The smallest absolute Gasteiger partial charge is 0.262 e. The van der Waals surface area contributed by atoms with Crippen LogP contribution in [0.1, 0.15) is 38.8 Å². The molecule has 4 rings (SSSR count). The van der Waals surface area contributed by atoms with Crippen molar-refractivity contribution in [3.8, 4) is 5.75 Å². The molecular weight excluding hydrogens is 432 g/mol. The number of carbonyl (C=O) groups excluding carboxylic acids is 3. The van der Waals surface area contributed by atoms with Gasteiger partial charge in [-0.1, -0.05) is 24.3 Å². The molecule has 0 saturated carbocycles. The number of ether oxygens (including phenoxy) is 1. The maximum atomic E-state index is 13.1. The van der Waals surface area contributed by atoms with E-state index in [0.29, 0.717) is 11.3 Å². The first-order valence-corrected chi connectivity index (χ1v) is 11.0. The van der Waals surface area contributed by atoms with Crippen molar-refractivity contribution < 1.29 is 27.5 Å². The molecule has 8 nitrogen and oxygen atoms in total. The Morgan fingerprint density at radius 2 is 1.47 bits per heavy atom. The Labute approximate surface area is 184 Å². The van der Waals surface area contributed by atoms with Crippen LogP contribution in [0.25, 0.3) is 0 Å². The van der Waals surface area contributed by atoms with Gasteiger partial charge in [-0.15, -0.1) is 0 Å². The maximum absolute atomic E-state index is 13.1. The van der Waals surface area contributed by atoms with E-state index in [1.54, 1.807) is 24.3 Å². The van der Waals surface area contributed by atoms with Crippen LogP contribution in [0, 0.1) is 0 Å². The fraction of sp³-hybridized carbons (Fsp3) is 0.0870. The molecule has 0 atom stereocenters. The van der Waals surface area contributed by atoms with Crippen LogP contribution in [0.3, 0.4) is 0 Å². The minimum Gasteiger partial charge on any atom is -0.495 e. The Bertz CT molecular complexity index is 1400. The quantitative estimate of drug-likeness (QED) is 0.482. The standard InChI is InChI=1S/C23H18N2O6S/c1-13(26)24-14-7-10-21(31-2)20(11-14)25-32(29,30)15-8-9-18-19(12-15)23(28)17-6-4-3-5-16(17)22(18)27/h3-12,25H,1-2H3,(H,24,26). The van der Waals surface area contributed by atoms with Crippen molar-refractivity contribution >= 4 is 38.9 Å². The summed E-state index contributed by atoms with van der Waals surface area (Å²) in [4.78, 5) is 36.8. The summed E-state index contributed by atoms with van der Waals surface area (Å²) in [5.74, 6) is -0.836. The fourth-order valence-electron chi connectivity index (χ4n) is 3.52. The van der Waals surface area contributed by atoms with E-state index in [-0.39, 0.29) is 44.7 Å². The van der Waals surface area contributed by atoms with Crippen molar-refractivity contribution in [3.05, 3.63) is 82.9 Å². The Kier molecular flexibility index (Phi) is 5.27. The summed E-state index contributed by atoms with van der Waals surface area (Å²) in [5.41, 5.74) is 1.17. The zero-order valence-electron chi connectivity index (χ0n) is 17.1. The van der Waals surface area contributed by atoms with E-state index in [2.05, 4.69) is 10.0 Å². The molecule has 0 spiro atoms. The minimum absolute atomic E-state index is 0.0236. The molecule has 0 aliphatic heterocycles. The van der Waals surface area contributed by atoms with Gasteiger partial charge in [-0.3, -0.25) is 19.1 Å². The van der Waals surface area contributed by atoms with Gasteiger partial charge in [-0.2, -0.15) is 0 Å². The summed E-state index contributed by atoms with van der Waals surface area (Å²) < 4.78 is 33.8. The highest BCUT2D eigenvalue weighted by atomic mass is 32.2. The monoisotopic (exact) mass is 450 g/mol. The first-order valence-electron chi connectivity index (χ1n) is 9.52. The third-order valence-electron chi connectivity index (χ3n) is 4.97. The van der Waals surface area contributed by atoms with E-state index in [1.165, 1.54) is 50.4 Å². The summed E-state index contributed by atoms with van der Waals surface area (Å²) >= 11 is 0. The number of nitrogens with one attached hydrogen (secondary N) is 2. The molecule has 0 bridgehead atoms. The number of rotatable bonds is 5. The highest BCUT2D eigenvalue weighted by molar-refractivity contribution is 7.92. The molecule has 2 N–H and O–H groups in total. The number of fused-ring (bicyclic) bond motifs is 2. The first kappa shape index (κ1) is 21.3. The van der Waals surface area contributed by atoms with Crippen molar-refractivity contribution in [2.45, 2.75) is 11.8 Å². The molecule has 0 unspecified atom stereocenters. The van der Waals surface area contributed by atoms with Crippen LogP contribution >= 0.6 is 0 Å². The molecule has 1 aliphatic carbocycles. The first-order chi connectivity index (χ1) is 15.2. The lowest BCUT2D eigenvalue weighted by Crippen LogP contribution is -2.22. The highest BCUT2D eigenvalue weighted by Gasteiger charge is 2.31. The lowest BCUT2D eigenvalue weighted by molar-refractivity contribution is -0.114. The van der Waals surface area contributed by atoms with Crippen LogP contribution in [0.5, 0.6) is 5.75 Å². The molecule has 3 aromatic rings. The number of ketones is 2. The van der Waals surface area contributed by atoms with E-state index in [9.17, 15) is 22.8 Å². The number of hydrogen-bond donors (Lipinski definition) is 2. The Morgan fingerprint density at radius 1 is 0.844 bits per heavy atom. The minimum atomic E-state index is -4.15. The van der Waals surface area contributed by atoms with Gasteiger partial charge in [-0.05, 0) is 36.4 Å². The summed E-state index contributed by atoms with van der Waals surface area (Å²) in [7, 11) is -2.77. The van der Waals surface area contributed by atoms with Crippen LogP contribution in [-0.4, -0.2) is 33.0 Å². The highest BCUT2D eigenvalue weighted by Crippen LogP contribution is 2.32. The number of carbonyl (C=O) groups is 3. The molecule has 0 saturated heterocycles. The largest absolute Gasteiger partial charge is 0.495 e. The van der Waals surface area contributed by atoms with Gasteiger partial charge in [0.05, 0.1) is 17.7 Å². The molecule has 9 heteroatoms. The topological polar surface area (TPSA) is 119 Å². The second-order valence-electron chi connectivity index (χ2n) is 7.11. The third-order valence-corrected chi connectivity index (χ3v) is 6.33. The molecule has 0 aromatic heterocycles. The van der Waals surface area contributed by atoms with Crippen molar-refractivity contribution in [2.24, 2.45) is 0 Å². The molecule has 0 fully saturated rings. The molecule has 32 heavy (non-hydrogen) atoms. The van der Waals surface area contributed by atoms with Gasteiger partial charge < -0.3 is 10.1 Å². The molecule has 0 heterocycles. The predicted molar refractivity (Wildman–Crippen MR) is 118 cm³/mol. The van der Waals surface area contributed by atoms with E-state index in [1.807, 2.05) is 0 Å². The third kappa shape index (κ3) is 3.74. The number of anilines is 2. The summed E-state index contributed by atoms with van der Waals surface area (Å²) in [6.07, 6.45) is 0. The average Bonchev–Trinajstić information content (AvgIpc) is 2.76. The molecule has 1 amide bonds. The number of methoxy groups -OCH3 is 1. The Hall–Kier alpha value is -3.98. The van der Waals surface area contributed by atoms with Crippen LogP contribution < -0.4 is 14.8 Å². The van der Waals surface area contributed by atoms with Gasteiger partial charge in [0, 0.05) is 34.9 Å². The van der Waals surface area contributed by atoms with Crippen LogP contribution in [-0.2, 0) is 14.8 Å². The molecule has 162 valence electrons. The van der Waals surface area contributed by atoms with Gasteiger partial charge in [0.2, 0.25) is 5.91 Å². The Morgan fingerprint density at radius 3 is 2.09 bits per heavy atom. The van der Waals surface area contributed by atoms with Gasteiger partial charge in [0.1, 0.15) is 5.75 Å². The summed E-state index contributed by atoms with van der Waals surface area (Å²) in [5, 5.41) is 2.57. The number of benzene rings is 3. The average molecular weight is 450 g/mol. The van der Waals surface area contributed by atoms with E-state index >= 15 is 0 Å². The summed E-state index contributed by atoms with van der Waals surface area (Å²) in [6.45, 7) is 1.33. The lowest BCUT2D eigenvalue weighted by atomic mass is 9.84. The molecule has 1 aliphatic rings. The molecular formula is C23H18N2O6S. The SMILES string of the molecule is COc1ccc(NC(C)=O)cc1NS(=O)(=O)c1ccc2c(c1)C(=O)c1ccccc1C2=O. The van der Waals surface area contributed by atoms with Crippen LogP contribution in [0.15, 0.2) is 65.6 Å². The normalized spacial score (nSPS) is 12.6. The van der Waals surface area contributed by atoms with Crippen LogP contribution in [0.2, 0.25) is 0 Å². The lowest BCUT2D eigenvalue weighted by Gasteiger charge is -2.18.